The van der Waals surface area contributed by atoms with Gasteiger partial charge in [0.25, 0.3) is 0 Å². The Bertz CT molecular complexity index is 796. The molecule has 0 spiro atoms. The molecule has 1 heterocycles. The predicted octanol–water partition coefficient (Wildman–Crippen LogP) is 3.70. The highest BCUT2D eigenvalue weighted by Crippen LogP contribution is 2.59. The number of aromatic nitrogens is 2. The van der Waals surface area contributed by atoms with Crippen molar-refractivity contribution >= 4 is 16.9 Å². The van der Waals surface area contributed by atoms with E-state index in [0.717, 1.165) is 23.4 Å². The van der Waals surface area contributed by atoms with E-state index >= 15 is 0 Å². The zero-order chi connectivity index (χ0) is 17.5. The summed E-state index contributed by atoms with van der Waals surface area (Å²) in [5, 5.41) is 3.12. The lowest BCUT2D eigenvalue weighted by atomic mass is 10.1. The standard InChI is InChI=1S/C20H27N3O/c1-13(2)12-15-18(20(15,4)5)19(24)21-10-11-23-14(3)22-16-8-6-7-9-17(16)23/h6-9,12,15,18H,10-11H2,1-5H3,(H,21,24)/t15-,18-/m1/s1. The van der Waals surface area contributed by atoms with Crippen molar-refractivity contribution in [3.8, 4) is 0 Å². The minimum atomic E-state index is 0.0684. The second kappa shape index (κ2) is 6.08. The fraction of sp³-hybridized carbons (Fsp3) is 0.500. The Morgan fingerprint density at radius 3 is 2.75 bits per heavy atom. The summed E-state index contributed by atoms with van der Waals surface area (Å²) < 4.78 is 2.17. The summed E-state index contributed by atoms with van der Waals surface area (Å²) >= 11 is 0. The second-order valence-electron chi connectivity index (χ2n) is 7.66. The summed E-state index contributed by atoms with van der Waals surface area (Å²) in [6.45, 7) is 11.9. The molecule has 0 radical (unpaired) electrons. The van der Waals surface area contributed by atoms with Gasteiger partial charge in [-0.3, -0.25) is 4.79 Å². The average Bonchev–Trinajstić information content (AvgIpc) is 2.88. The highest BCUT2D eigenvalue weighted by atomic mass is 16.2. The van der Waals surface area contributed by atoms with Crippen molar-refractivity contribution in [3.05, 3.63) is 41.7 Å². The van der Waals surface area contributed by atoms with Gasteiger partial charge in [0.2, 0.25) is 5.91 Å². The van der Waals surface area contributed by atoms with Crippen molar-refractivity contribution in [2.75, 3.05) is 6.54 Å². The van der Waals surface area contributed by atoms with Crippen molar-refractivity contribution in [2.24, 2.45) is 17.3 Å². The molecule has 0 bridgehead atoms. The van der Waals surface area contributed by atoms with Gasteiger partial charge < -0.3 is 9.88 Å². The van der Waals surface area contributed by atoms with Crippen LogP contribution in [0, 0.1) is 24.2 Å². The summed E-state index contributed by atoms with van der Waals surface area (Å²) in [6, 6.07) is 8.12. The van der Waals surface area contributed by atoms with Gasteiger partial charge in [-0.05, 0) is 44.2 Å². The number of imidazole rings is 1. The molecule has 1 saturated carbocycles. The molecular weight excluding hydrogens is 298 g/mol. The number of amides is 1. The van der Waals surface area contributed by atoms with Gasteiger partial charge in [0.05, 0.1) is 17.0 Å². The third-order valence-corrected chi connectivity index (χ3v) is 5.19. The largest absolute Gasteiger partial charge is 0.354 e. The second-order valence-corrected chi connectivity index (χ2v) is 7.66. The molecule has 1 aromatic carbocycles. The van der Waals surface area contributed by atoms with Gasteiger partial charge in [0.1, 0.15) is 5.82 Å². The first kappa shape index (κ1) is 16.7. The molecule has 0 unspecified atom stereocenters. The summed E-state index contributed by atoms with van der Waals surface area (Å²) in [7, 11) is 0. The Labute approximate surface area is 144 Å². The zero-order valence-electron chi connectivity index (χ0n) is 15.3. The maximum absolute atomic E-state index is 12.5. The van der Waals surface area contributed by atoms with Crippen LogP contribution in [0.15, 0.2) is 35.9 Å². The molecule has 3 rings (SSSR count). The van der Waals surface area contributed by atoms with Crippen LogP contribution < -0.4 is 5.32 Å². The SMILES string of the molecule is CC(C)=C[C@@H]1[C@H](C(=O)NCCn2c(C)nc3ccccc32)C1(C)C. The zero-order valence-corrected chi connectivity index (χ0v) is 15.3. The van der Waals surface area contributed by atoms with Gasteiger partial charge in [-0.25, -0.2) is 4.98 Å². The van der Waals surface area contributed by atoms with Gasteiger partial charge in [0, 0.05) is 13.1 Å². The average molecular weight is 325 g/mol. The van der Waals surface area contributed by atoms with E-state index in [-0.39, 0.29) is 17.2 Å². The molecule has 24 heavy (non-hydrogen) atoms. The van der Waals surface area contributed by atoms with Crippen LogP contribution in [-0.2, 0) is 11.3 Å². The van der Waals surface area contributed by atoms with E-state index in [2.05, 4.69) is 54.7 Å². The van der Waals surface area contributed by atoms with E-state index in [1.54, 1.807) is 0 Å². The summed E-state index contributed by atoms with van der Waals surface area (Å²) in [5.41, 5.74) is 3.48. The molecule has 1 aromatic heterocycles. The number of fused-ring (bicyclic) bond motifs is 1. The number of allylic oxidation sites excluding steroid dienone is 2. The quantitative estimate of drug-likeness (QED) is 0.852. The number of rotatable bonds is 5. The van der Waals surface area contributed by atoms with E-state index in [9.17, 15) is 4.79 Å². The molecular formula is C20H27N3O. The van der Waals surface area contributed by atoms with Crippen molar-refractivity contribution in [2.45, 2.75) is 41.2 Å². The summed E-state index contributed by atoms with van der Waals surface area (Å²) in [6.07, 6.45) is 2.23. The number of hydrogen-bond donors (Lipinski definition) is 1. The minimum absolute atomic E-state index is 0.0684. The molecule has 4 heteroatoms. The van der Waals surface area contributed by atoms with Crippen molar-refractivity contribution in [3.63, 3.8) is 0 Å². The monoisotopic (exact) mass is 325 g/mol. The Morgan fingerprint density at radius 1 is 1.33 bits per heavy atom. The van der Waals surface area contributed by atoms with Gasteiger partial charge in [-0.1, -0.05) is 37.6 Å². The number of nitrogens with zero attached hydrogens (tertiary/aromatic N) is 2. The lowest BCUT2D eigenvalue weighted by molar-refractivity contribution is -0.123. The molecule has 0 aliphatic heterocycles. The molecule has 2 aromatic rings. The lowest BCUT2D eigenvalue weighted by Gasteiger charge is -2.09. The molecule has 1 amide bonds. The Hall–Kier alpha value is -2.10. The normalized spacial score (nSPS) is 21.5. The van der Waals surface area contributed by atoms with E-state index in [1.807, 2.05) is 25.1 Å². The van der Waals surface area contributed by atoms with Gasteiger partial charge in [0.15, 0.2) is 0 Å². The van der Waals surface area contributed by atoms with Crippen LogP contribution in [0.3, 0.4) is 0 Å². The lowest BCUT2D eigenvalue weighted by Crippen LogP contribution is -2.30. The van der Waals surface area contributed by atoms with E-state index in [4.69, 9.17) is 0 Å². The number of carbonyl (C=O) groups is 1. The van der Waals surface area contributed by atoms with Gasteiger partial charge >= 0.3 is 0 Å². The first-order valence-corrected chi connectivity index (χ1v) is 8.67. The molecule has 1 fully saturated rings. The van der Waals surface area contributed by atoms with Crippen LogP contribution in [0.2, 0.25) is 0 Å². The smallest absolute Gasteiger partial charge is 0.224 e. The first-order chi connectivity index (χ1) is 11.3. The minimum Gasteiger partial charge on any atom is -0.354 e. The Balaban J connectivity index is 1.62. The van der Waals surface area contributed by atoms with Crippen molar-refractivity contribution in [1.29, 1.82) is 0 Å². The Morgan fingerprint density at radius 2 is 2.04 bits per heavy atom. The van der Waals surface area contributed by atoms with Crippen LogP contribution in [-0.4, -0.2) is 22.0 Å². The van der Waals surface area contributed by atoms with Crippen LogP contribution in [0.4, 0.5) is 0 Å². The summed E-state index contributed by atoms with van der Waals surface area (Å²) in [5.74, 6) is 1.61. The van der Waals surface area contributed by atoms with Gasteiger partial charge in [-0.15, -0.1) is 0 Å². The fourth-order valence-electron chi connectivity index (χ4n) is 3.73. The topological polar surface area (TPSA) is 46.9 Å². The van der Waals surface area contributed by atoms with E-state index < -0.39 is 0 Å². The maximum Gasteiger partial charge on any atom is 0.224 e. The third-order valence-electron chi connectivity index (χ3n) is 5.19. The van der Waals surface area contributed by atoms with Crippen LogP contribution in [0.5, 0.6) is 0 Å². The van der Waals surface area contributed by atoms with Crippen molar-refractivity contribution < 1.29 is 4.79 Å². The van der Waals surface area contributed by atoms with Gasteiger partial charge in [-0.2, -0.15) is 0 Å². The predicted molar refractivity (Wildman–Crippen MR) is 97.7 cm³/mol. The highest BCUT2D eigenvalue weighted by molar-refractivity contribution is 5.83. The van der Waals surface area contributed by atoms with E-state index in [0.29, 0.717) is 12.5 Å². The number of para-hydroxylation sites is 2. The molecule has 1 N–H and O–H groups in total. The van der Waals surface area contributed by atoms with Crippen molar-refractivity contribution in [1.82, 2.24) is 14.9 Å². The first-order valence-electron chi connectivity index (χ1n) is 8.67. The number of aryl methyl sites for hydroxylation is 1. The number of carbonyl (C=O) groups excluding carboxylic acids is 1. The fourth-order valence-corrected chi connectivity index (χ4v) is 3.73. The van der Waals surface area contributed by atoms with Crippen LogP contribution >= 0.6 is 0 Å². The molecule has 4 nitrogen and oxygen atoms in total. The molecule has 0 saturated heterocycles. The summed E-state index contributed by atoms with van der Waals surface area (Å²) in [4.78, 5) is 17.1. The number of benzene rings is 1. The highest BCUT2D eigenvalue weighted by Gasteiger charge is 2.60. The molecule has 128 valence electrons. The molecule has 1 aliphatic rings. The van der Waals surface area contributed by atoms with Crippen LogP contribution in [0.1, 0.15) is 33.5 Å². The number of nitrogens with one attached hydrogen (secondary N) is 1. The van der Waals surface area contributed by atoms with E-state index in [1.165, 1.54) is 5.57 Å². The number of hydrogen-bond acceptors (Lipinski definition) is 2. The Kier molecular flexibility index (Phi) is 4.24. The molecule has 2 atom stereocenters. The third kappa shape index (κ3) is 2.97. The molecule has 1 aliphatic carbocycles. The maximum atomic E-state index is 12.5. The van der Waals surface area contributed by atoms with Crippen LogP contribution in [0.25, 0.3) is 11.0 Å².